The molecule has 35 heavy (non-hydrogen) atoms. The third-order valence-electron chi connectivity index (χ3n) is 12.4. The van der Waals surface area contributed by atoms with E-state index in [9.17, 15) is 14.7 Å². The lowest BCUT2D eigenvalue weighted by Crippen LogP contribution is -2.67. The lowest BCUT2D eigenvalue weighted by molar-refractivity contribution is -0.175. The normalized spacial score (nSPS) is 53.6. The summed E-state index contributed by atoms with van der Waals surface area (Å²) in [6.45, 7) is 11.0. The van der Waals surface area contributed by atoms with Crippen molar-refractivity contribution in [1.29, 1.82) is 0 Å². The van der Waals surface area contributed by atoms with Gasteiger partial charge in [0.05, 0.1) is 5.60 Å². The molecule has 0 radical (unpaired) electrons. The Morgan fingerprint density at radius 3 is 2.57 bits per heavy atom. The number of hydrogen-bond donors (Lipinski definition) is 1. The second-order valence-electron chi connectivity index (χ2n) is 14.0. The molecule has 0 unspecified atom stereocenters. The van der Waals surface area contributed by atoms with Crippen LogP contribution < -0.4 is 0 Å². The molecule has 6 rings (SSSR count). The van der Waals surface area contributed by atoms with Crippen LogP contribution in [0.3, 0.4) is 0 Å². The van der Waals surface area contributed by atoms with Gasteiger partial charge in [-0.1, -0.05) is 20.8 Å². The maximum atomic E-state index is 13.6. The van der Waals surface area contributed by atoms with Crippen molar-refractivity contribution in [2.75, 3.05) is 13.1 Å². The molecule has 4 saturated carbocycles. The highest BCUT2D eigenvalue weighted by atomic mass is 16.5. The Balaban J connectivity index is 1.24. The molecule has 2 aliphatic heterocycles. The van der Waals surface area contributed by atoms with Gasteiger partial charge in [-0.3, -0.25) is 14.5 Å². The van der Waals surface area contributed by atoms with E-state index in [0.717, 1.165) is 57.5 Å². The van der Waals surface area contributed by atoms with Crippen molar-refractivity contribution in [2.45, 2.75) is 110 Å². The van der Waals surface area contributed by atoms with E-state index in [0.29, 0.717) is 53.8 Å². The molecule has 0 spiro atoms. The molecule has 2 saturated heterocycles. The summed E-state index contributed by atoms with van der Waals surface area (Å²) in [7, 11) is 0. The second-order valence-corrected chi connectivity index (χ2v) is 14.0. The van der Waals surface area contributed by atoms with Crippen molar-refractivity contribution < 1.29 is 19.4 Å². The summed E-state index contributed by atoms with van der Waals surface area (Å²) in [4.78, 5) is 28.2. The van der Waals surface area contributed by atoms with Gasteiger partial charge in [-0.15, -0.1) is 0 Å². The average molecular weight is 486 g/mol. The Bertz CT molecular complexity index is 870. The number of carbonyl (C=O) groups is 2. The number of piperidine rings is 2. The van der Waals surface area contributed by atoms with Crippen LogP contribution in [0.5, 0.6) is 0 Å². The quantitative estimate of drug-likeness (QED) is 0.567. The molecule has 0 bridgehead atoms. The molecule has 12 atom stereocenters. The monoisotopic (exact) mass is 485 g/mol. The first-order valence-corrected chi connectivity index (χ1v) is 14.8. The topological polar surface area (TPSA) is 66.8 Å². The van der Waals surface area contributed by atoms with Crippen molar-refractivity contribution >= 4 is 11.8 Å². The second kappa shape index (κ2) is 8.55. The van der Waals surface area contributed by atoms with Crippen LogP contribution in [0.15, 0.2) is 0 Å². The van der Waals surface area contributed by atoms with E-state index in [-0.39, 0.29) is 23.4 Å². The van der Waals surface area contributed by atoms with Crippen molar-refractivity contribution in [1.82, 2.24) is 4.90 Å². The van der Waals surface area contributed by atoms with Crippen LogP contribution >= 0.6 is 0 Å². The maximum Gasteiger partial charge on any atom is 0.305 e. The van der Waals surface area contributed by atoms with Crippen LogP contribution in [-0.2, 0) is 14.3 Å². The molecule has 6 fully saturated rings. The van der Waals surface area contributed by atoms with Crippen LogP contribution in [0.4, 0.5) is 0 Å². The largest absolute Gasteiger partial charge is 0.462 e. The minimum absolute atomic E-state index is 0.0430. The van der Waals surface area contributed by atoms with Crippen molar-refractivity contribution in [3.05, 3.63) is 0 Å². The first kappa shape index (κ1) is 24.4. The Morgan fingerprint density at radius 2 is 1.80 bits per heavy atom. The fourth-order valence-electron chi connectivity index (χ4n) is 10.7. The van der Waals surface area contributed by atoms with Crippen LogP contribution in [0.1, 0.15) is 91.9 Å². The zero-order valence-corrected chi connectivity index (χ0v) is 22.4. The number of hydrogen-bond acceptors (Lipinski definition) is 5. The molecule has 0 amide bonds. The van der Waals surface area contributed by atoms with E-state index in [4.69, 9.17) is 4.74 Å². The number of nitrogens with zero attached hydrogens (tertiary/aromatic N) is 1. The van der Waals surface area contributed by atoms with E-state index in [1.54, 1.807) is 0 Å². The molecule has 196 valence electrons. The zero-order valence-electron chi connectivity index (χ0n) is 22.4. The third-order valence-corrected chi connectivity index (χ3v) is 12.4. The zero-order chi connectivity index (χ0) is 24.7. The Kier molecular flexibility index (Phi) is 5.96. The first-order valence-electron chi connectivity index (χ1n) is 14.8. The predicted octanol–water partition coefficient (Wildman–Crippen LogP) is 4.85. The average Bonchev–Trinajstić information content (AvgIpc) is 3.19. The van der Waals surface area contributed by atoms with E-state index in [1.165, 1.54) is 19.3 Å². The molecule has 4 aliphatic carbocycles. The smallest absolute Gasteiger partial charge is 0.305 e. The lowest BCUT2D eigenvalue weighted by atomic mass is 9.51. The Labute approximate surface area is 211 Å². The van der Waals surface area contributed by atoms with Gasteiger partial charge in [-0.25, -0.2) is 0 Å². The Hall–Kier alpha value is -0.940. The number of Topliss-reactive ketones (excluding diaryl/α,β-unsaturated/α-hetero) is 1. The molecule has 6 aliphatic rings. The van der Waals surface area contributed by atoms with Crippen LogP contribution in [0.2, 0.25) is 0 Å². The van der Waals surface area contributed by atoms with Crippen LogP contribution in [0.25, 0.3) is 0 Å². The highest BCUT2D eigenvalue weighted by Crippen LogP contribution is 2.66. The van der Waals surface area contributed by atoms with Crippen molar-refractivity contribution in [3.63, 3.8) is 0 Å². The molecular formula is C30H47NO4. The summed E-state index contributed by atoms with van der Waals surface area (Å²) in [6.07, 6.45) is 9.62. The van der Waals surface area contributed by atoms with Crippen LogP contribution in [0, 0.1) is 52.8 Å². The standard InChI is InChI=1S/C30H47NO4/c1-5-28(33)35-18-10-11-29(3)24-13-20-19(21(24)14-26(32)25(29)12-18)7-8-23-22(20)16-31-15-17(2)6-9-27(31)30(23,4)34/h17-25,27,34H,5-16H2,1-4H3/t17-,18-,19+,20+,21-,22-,23-,24-,25+,27-,29+,30-/m0/s1. The first-order chi connectivity index (χ1) is 16.6. The molecular weight excluding hydrogens is 438 g/mol. The fraction of sp³-hybridized carbons (Fsp3) is 0.933. The lowest BCUT2D eigenvalue weighted by Gasteiger charge is -2.59. The van der Waals surface area contributed by atoms with Gasteiger partial charge in [0.2, 0.25) is 0 Å². The van der Waals surface area contributed by atoms with Gasteiger partial charge >= 0.3 is 5.97 Å². The number of ketones is 1. The number of fused-ring (bicyclic) bond motifs is 8. The van der Waals surface area contributed by atoms with Gasteiger partial charge in [0, 0.05) is 37.9 Å². The fourth-order valence-corrected chi connectivity index (χ4v) is 10.7. The molecule has 2 heterocycles. The van der Waals surface area contributed by atoms with Crippen molar-refractivity contribution in [3.8, 4) is 0 Å². The summed E-state index contributed by atoms with van der Waals surface area (Å²) in [5.41, 5.74) is -0.549. The summed E-state index contributed by atoms with van der Waals surface area (Å²) in [6, 6.07) is 0.324. The van der Waals surface area contributed by atoms with Crippen molar-refractivity contribution in [2.24, 2.45) is 52.8 Å². The number of carbonyl (C=O) groups excluding carboxylic acids is 2. The van der Waals surface area contributed by atoms with E-state index in [2.05, 4.69) is 25.7 Å². The highest BCUT2D eigenvalue weighted by molar-refractivity contribution is 5.83. The molecule has 1 N–H and O–H groups in total. The molecule has 0 aromatic carbocycles. The van der Waals surface area contributed by atoms with E-state index in [1.807, 2.05) is 6.92 Å². The van der Waals surface area contributed by atoms with E-state index < -0.39 is 5.60 Å². The number of aliphatic hydroxyl groups is 1. The number of ether oxygens (including phenoxy) is 1. The minimum atomic E-state index is -0.592. The minimum Gasteiger partial charge on any atom is -0.462 e. The third kappa shape index (κ3) is 3.68. The maximum absolute atomic E-state index is 13.6. The van der Waals surface area contributed by atoms with Gasteiger partial charge in [0.1, 0.15) is 11.9 Å². The van der Waals surface area contributed by atoms with Gasteiger partial charge < -0.3 is 9.84 Å². The van der Waals surface area contributed by atoms with Crippen LogP contribution in [-0.4, -0.2) is 52.6 Å². The number of rotatable bonds is 2. The molecule has 0 aromatic heterocycles. The number of esters is 1. The van der Waals surface area contributed by atoms with E-state index >= 15 is 0 Å². The van der Waals surface area contributed by atoms with Gasteiger partial charge in [0.25, 0.3) is 0 Å². The highest BCUT2D eigenvalue weighted by Gasteiger charge is 2.64. The summed E-state index contributed by atoms with van der Waals surface area (Å²) in [5, 5.41) is 11.9. The molecule has 0 aromatic rings. The SMILES string of the molecule is CCC(=O)O[C@H]1CC[C@@]2(C)[C@H](C1)C(=O)C[C@H]1[C@@H]3CC[C@H]4[C@@H](CN5C[C@@H](C)CC[C@H]5[C@@]4(C)O)[C@@H]3C[C@@H]12. The van der Waals surface area contributed by atoms with Gasteiger partial charge in [0.15, 0.2) is 0 Å². The molecule has 5 heteroatoms. The summed E-state index contributed by atoms with van der Waals surface area (Å²) < 4.78 is 5.72. The summed E-state index contributed by atoms with van der Waals surface area (Å²) >= 11 is 0. The Morgan fingerprint density at radius 1 is 1.00 bits per heavy atom. The van der Waals surface area contributed by atoms with Gasteiger partial charge in [-0.2, -0.15) is 0 Å². The summed E-state index contributed by atoms with van der Waals surface area (Å²) in [5.74, 6) is 4.46. The van der Waals surface area contributed by atoms with Gasteiger partial charge in [-0.05, 0) is 105 Å². The molecule has 5 nitrogen and oxygen atoms in total. The predicted molar refractivity (Wildman–Crippen MR) is 134 cm³/mol.